The minimum Gasteiger partial charge on any atom is -0.454 e. The number of halogens is 1. The first-order valence-electron chi connectivity index (χ1n) is 4.70. The Balaban J connectivity index is 0.00000128. The third-order valence-corrected chi connectivity index (χ3v) is 2.67. The molecule has 0 saturated carbocycles. The van der Waals surface area contributed by atoms with Crippen molar-refractivity contribution in [2.75, 3.05) is 6.54 Å². The van der Waals surface area contributed by atoms with Crippen LogP contribution in [0.25, 0.3) is 0 Å². The molecule has 88 valence electrons. The summed E-state index contributed by atoms with van der Waals surface area (Å²) in [6, 6.07) is 3.90. The third kappa shape index (κ3) is 3.55. The minimum atomic E-state index is 0. The summed E-state index contributed by atoms with van der Waals surface area (Å²) in [5, 5.41) is 8.07. The van der Waals surface area contributed by atoms with Crippen LogP contribution in [0.3, 0.4) is 0 Å². The monoisotopic (exact) mass is 260 g/mol. The molecular weight excluding hydrogens is 248 g/mol. The Hall–Kier alpha value is -0.980. The number of aromatic amines is 1. The quantitative estimate of drug-likeness (QED) is 0.858. The highest BCUT2D eigenvalue weighted by atomic mass is 35.5. The lowest BCUT2D eigenvalue weighted by molar-refractivity contribution is 0.428. The number of rotatable bonds is 5. The number of hydrogen-bond acceptors (Lipinski definition) is 5. The Morgan fingerprint density at radius 1 is 1.44 bits per heavy atom. The summed E-state index contributed by atoms with van der Waals surface area (Å²) in [5.74, 6) is 0.961. The van der Waals surface area contributed by atoms with Crippen molar-refractivity contribution in [3.63, 3.8) is 0 Å². The van der Waals surface area contributed by atoms with E-state index in [4.69, 9.17) is 10.2 Å². The van der Waals surface area contributed by atoms with Crippen molar-refractivity contribution in [2.24, 2.45) is 5.73 Å². The van der Waals surface area contributed by atoms with Crippen molar-refractivity contribution < 1.29 is 4.42 Å². The van der Waals surface area contributed by atoms with E-state index in [9.17, 15) is 0 Å². The molecule has 2 heterocycles. The van der Waals surface area contributed by atoms with Gasteiger partial charge in [-0.15, -0.1) is 12.4 Å². The standard InChI is InChI=1S/C9H12N4OS.ClH/c10-5-1-2-7-3-4-8(14-7)15-9-11-6-12-13-9;/h3-4,6H,1-2,5,10H2,(H,11,12,13);1H. The summed E-state index contributed by atoms with van der Waals surface area (Å²) in [4.78, 5) is 4.00. The molecule has 16 heavy (non-hydrogen) atoms. The number of nitrogens with two attached hydrogens (primary N) is 1. The van der Waals surface area contributed by atoms with Crippen molar-refractivity contribution in [3.8, 4) is 0 Å². The average Bonchev–Trinajstić information content (AvgIpc) is 2.87. The Kier molecular flexibility index (Phi) is 5.37. The lowest BCUT2D eigenvalue weighted by Gasteiger charge is -1.94. The summed E-state index contributed by atoms with van der Waals surface area (Å²) in [6.45, 7) is 0.686. The molecule has 0 fully saturated rings. The zero-order valence-corrected chi connectivity index (χ0v) is 10.2. The number of aromatic nitrogens is 3. The van der Waals surface area contributed by atoms with Gasteiger partial charge in [0.2, 0.25) is 0 Å². The molecule has 0 atom stereocenters. The highest BCUT2D eigenvalue weighted by Gasteiger charge is 2.05. The molecule has 0 bridgehead atoms. The molecule has 0 unspecified atom stereocenters. The SMILES string of the molecule is Cl.NCCCc1ccc(Sc2ncn[nH]2)o1. The fraction of sp³-hybridized carbons (Fsp3) is 0.333. The maximum Gasteiger partial charge on any atom is 0.191 e. The smallest absolute Gasteiger partial charge is 0.191 e. The van der Waals surface area contributed by atoms with Gasteiger partial charge in [-0.05, 0) is 36.9 Å². The molecule has 0 saturated heterocycles. The Bertz CT molecular complexity index is 403. The maximum atomic E-state index is 5.58. The van der Waals surface area contributed by atoms with E-state index in [0.29, 0.717) is 6.54 Å². The van der Waals surface area contributed by atoms with Crippen molar-refractivity contribution in [3.05, 3.63) is 24.2 Å². The molecule has 0 spiro atoms. The summed E-state index contributed by atoms with van der Waals surface area (Å²) < 4.78 is 5.58. The Morgan fingerprint density at radius 3 is 3.00 bits per heavy atom. The van der Waals surface area contributed by atoms with Crippen LogP contribution in [0.1, 0.15) is 12.2 Å². The first-order valence-corrected chi connectivity index (χ1v) is 5.52. The zero-order valence-electron chi connectivity index (χ0n) is 8.55. The lowest BCUT2D eigenvalue weighted by Crippen LogP contribution is -1.99. The predicted octanol–water partition coefficient (Wildman–Crippen LogP) is 1.86. The normalized spacial score (nSPS) is 10.1. The molecule has 0 aromatic carbocycles. The van der Waals surface area contributed by atoms with Gasteiger partial charge in [-0.25, -0.2) is 4.98 Å². The third-order valence-electron chi connectivity index (χ3n) is 1.85. The molecule has 2 aromatic heterocycles. The molecule has 5 nitrogen and oxygen atoms in total. The van der Waals surface area contributed by atoms with Gasteiger partial charge in [0, 0.05) is 6.42 Å². The molecule has 2 rings (SSSR count). The van der Waals surface area contributed by atoms with Crippen LogP contribution in [0.2, 0.25) is 0 Å². The number of H-pyrrole nitrogens is 1. The Labute approximate surface area is 104 Å². The van der Waals surface area contributed by atoms with Gasteiger partial charge in [-0.2, -0.15) is 5.10 Å². The van der Waals surface area contributed by atoms with E-state index in [0.717, 1.165) is 28.9 Å². The second kappa shape index (κ2) is 6.57. The van der Waals surface area contributed by atoms with Crippen molar-refractivity contribution >= 4 is 24.2 Å². The molecular formula is C9H13ClN4OS. The second-order valence-corrected chi connectivity index (χ2v) is 4.00. The number of nitrogens with zero attached hydrogens (tertiary/aromatic N) is 2. The first kappa shape index (κ1) is 13.1. The van der Waals surface area contributed by atoms with Gasteiger partial charge in [-0.1, -0.05) is 0 Å². The van der Waals surface area contributed by atoms with Crippen LogP contribution in [0.4, 0.5) is 0 Å². The van der Waals surface area contributed by atoms with E-state index >= 15 is 0 Å². The molecule has 0 aliphatic rings. The molecule has 0 radical (unpaired) electrons. The van der Waals surface area contributed by atoms with E-state index in [1.54, 1.807) is 0 Å². The van der Waals surface area contributed by atoms with Crippen molar-refractivity contribution in [1.82, 2.24) is 15.2 Å². The van der Waals surface area contributed by atoms with E-state index in [1.165, 1.54) is 18.1 Å². The number of nitrogens with one attached hydrogen (secondary N) is 1. The molecule has 0 aliphatic carbocycles. The first-order chi connectivity index (χ1) is 7.38. The van der Waals surface area contributed by atoms with Gasteiger partial charge in [0.15, 0.2) is 10.2 Å². The van der Waals surface area contributed by atoms with Gasteiger partial charge >= 0.3 is 0 Å². The van der Waals surface area contributed by atoms with Crippen LogP contribution < -0.4 is 5.73 Å². The van der Waals surface area contributed by atoms with E-state index in [-0.39, 0.29) is 12.4 Å². The van der Waals surface area contributed by atoms with Crippen LogP contribution in [0.15, 0.2) is 33.1 Å². The maximum absolute atomic E-state index is 5.58. The van der Waals surface area contributed by atoms with Crippen LogP contribution in [0.5, 0.6) is 0 Å². The number of aryl methyl sites for hydroxylation is 1. The van der Waals surface area contributed by atoms with Gasteiger partial charge < -0.3 is 10.2 Å². The second-order valence-electron chi connectivity index (χ2n) is 3.01. The lowest BCUT2D eigenvalue weighted by atomic mass is 10.2. The topological polar surface area (TPSA) is 80.7 Å². The molecule has 2 aromatic rings. The van der Waals surface area contributed by atoms with Crippen molar-refractivity contribution in [2.45, 2.75) is 23.1 Å². The van der Waals surface area contributed by atoms with E-state index < -0.39 is 0 Å². The highest BCUT2D eigenvalue weighted by Crippen LogP contribution is 2.26. The fourth-order valence-electron chi connectivity index (χ4n) is 1.16. The molecule has 0 amide bonds. The van der Waals surface area contributed by atoms with Crippen molar-refractivity contribution in [1.29, 1.82) is 0 Å². The summed E-state index contributed by atoms with van der Waals surface area (Å²) in [7, 11) is 0. The highest BCUT2D eigenvalue weighted by molar-refractivity contribution is 7.99. The van der Waals surface area contributed by atoms with Gasteiger partial charge in [0.25, 0.3) is 0 Å². The number of furan rings is 1. The van der Waals surface area contributed by atoms with Gasteiger partial charge in [-0.3, -0.25) is 5.10 Å². The molecule has 7 heteroatoms. The average molecular weight is 261 g/mol. The summed E-state index contributed by atoms with van der Waals surface area (Å²) in [5.41, 5.74) is 5.42. The van der Waals surface area contributed by atoms with Crippen LogP contribution in [0, 0.1) is 0 Å². The molecule has 3 N–H and O–H groups in total. The van der Waals surface area contributed by atoms with Crippen LogP contribution in [-0.4, -0.2) is 21.7 Å². The van der Waals surface area contributed by atoms with E-state index in [2.05, 4.69) is 15.2 Å². The van der Waals surface area contributed by atoms with Crippen LogP contribution in [-0.2, 0) is 6.42 Å². The Morgan fingerprint density at radius 2 is 2.31 bits per heavy atom. The summed E-state index contributed by atoms with van der Waals surface area (Å²) >= 11 is 1.42. The zero-order chi connectivity index (χ0) is 10.5. The minimum absolute atomic E-state index is 0. The van der Waals surface area contributed by atoms with E-state index in [1.807, 2.05) is 12.1 Å². The fourth-order valence-corrected chi connectivity index (χ4v) is 1.84. The summed E-state index contributed by atoms with van der Waals surface area (Å²) in [6.07, 6.45) is 3.30. The largest absolute Gasteiger partial charge is 0.454 e. The predicted molar refractivity (Wildman–Crippen MR) is 63.8 cm³/mol. The number of hydrogen-bond donors (Lipinski definition) is 2. The van der Waals surface area contributed by atoms with Gasteiger partial charge in [0.05, 0.1) is 0 Å². The van der Waals surface area contributed by atoms with Crippen LogP contribution >= 0.6 is 24.2 Å². The molecule has 0 aliphatic heterocycles. The van der Waals surface area contributed by atoms with Gasteiger partial charge in [0.1, 0.15) is 12.1 Å².